The van der Waals surface area contributed by atoms with Crippen LogP contribution in [0.5, 0.6) is 5.75 Å². The fourth-order valence-corrected chi connectivity index (χ4v) is 4.07. The molecule has 0 spiro atoms. The van der Waals surface area contributed by atoms with Crippen LogP contribution in [-0.2, 0) is 11.2 Å². The van der Waals surface area contributed by atoms with Crippen LogP contribution in [0.1, 0.15) is 43.2 Å². The molecule has 1 aliphatic carbocycles. The molecule has 0 bridgehead atoms. The number of carbonyl (C=O) groups is 1. The fraction of sp³-hybridized carbons (Fsp3) is 0.632. The fourth-order valence-electron chi connectivity index (χ4n) is 4.07. The second-order valence-corrected chi connectivity index (χ2v) is 6.96. The second kappa shape index (κ2) is 8.72. The van der Waals surface area contributed by atoms with E-state index in [0.29, 0.717) is 18.5 Å². The molecule has 2 fully saturated rings. The molecule has 3 rings (SSSR count). The van der Waals surface area contributed by atoms with Gasteiger partial charge in [-0.2, -0.15) is 0 Å². The van der Waals surface area contributed by atoms with E-state index < -0.39 is 0 Å². The van der Waals surface area contributed by atoms with Crippen LogP contribution in [0.15, 0.2) is 18.2 Å². The summed E-state index contributed by atoms with van der Waals surface area (Å²) < 4.78 is 5.40. The number of methoxy groups -OCH3 is 1. The molecule has 5 heteroatoms. The van der Waals surface area contributed by atoms with Gasteiger partial charge < -0.3 is 15.4 Å². The summed E-state index contributed by atoms with van der Waals surface area (Å²) in [6.45, 7) is 2.73. The normalized spacial score (nSPS) is 25.5. The minimum absolute atomic E-state index is 0. The quantitative estimate of drug-likeness (QED) is 0.856. The van der Waals surface area contributed by atoms with Gasteiger partial charge in [0.25, 0.3) is 0 Å². The first kappa shape index (κ1) is 19.1. The van der Waals surface area contributed by atoms with Crippen molar-refractivity contribution in [2.45, 2.75) is 57.5 Å². The lowest BCUT2D eigenvalue weighted by Gasteiger charge is -2.24. The van der Waals surface area contributed by atoms with E-state index in [9.17, 15) is 4.79 Å². The van der Waals surface area contributed by atoms with E-state index in [1.165, 1.54) is 31.2 Å². The van der Waals surface area contributed by atoms with E-state index in [-0.39, 0.29) is 24.4 Å². The van der Waals surface area contributed by atoms with Crippen LogP contribution in [0.2, 0.25) is 0 Å². The van der Waals surface area contributed by atoms with Gasteiger partial charge in [0, 0.05) is 12.6 Å². The van der Waals surface area contributed by atoms with Crippen molar-refractivity contribution in [2.75, 3.05) is 13.7 Å². The highest BCUT2D eigenvalue weighted by Gasteiger charge is 2.37. The summed E-state index contributed by atoms with van der Waals surface area (Å²) in [5, 5.41) is 6.63. The molecule has 4 nitrogen and oxygen atoms in total. The zero-order valence-corrected chi connectivity index (χ0v) is 15.5. The second-order valence-electron chi connectivity index (χ2n) is 6.96. The third-order valence-corrected chi connectivity index (χ3v) is 5.31. The standard InChI is InChI=1S/C19H28N2O2.ClH/c1-13-7-8-18(23-2)15(11-13)9-10-20-19(22)17-12-14-5-3-4-6-16(14)21-17;/h7-8,11,14,16-17,21H,3-6,9-10,12H2,1-2H3,(H,20,22);1H. The SMILES string of the molecule is COc1ccc(C)cc1CCNC(=O)C1CC2CCCCC2N1.Cl. The van der Waals surface area contributed by atoms with Crippen molar-refractivity contribution >= 4 is 18.3 Å². The highest BCUT2D eigenvalue weighted by Crippen LogP contribution is 2.33. The molecular weight excluding hydrogens is 324 g/mol. The van der Waals surface area contributed by atoms with Gasteiger partial charge in [-0.3, -0.25) is 4.79 Å². The first-order valence-electron chi connectivity index (χ1n) is 8.84. The molecule has 0 aromatic heterocycles. The summed E-state index contributed by atoms with van der Waals surface area (Å²) in [5.74, 6) is 1.76. The Labute approximate surface area is 151 Å². The zero-order chi connectivity index (χ0) is 16.2. The van der Waals surface area contributed by atoms with Crippen molar-refractivity contribution in [3.8, 4) is 5.75 Å². The first-order chi connectivity index (χ1) is 11.2. The number of aryl methyl sites for hydroxylation is 1. The Morgan fingerprint density at radius 2 is 2.12 bits per heavy atom. The van der Waals surface area contributed by atoms with Gasteiger partial charge in [-0.15, -0.1) is 12.4 Å². The molecule has 0 radical (unpaired) electrons. The molecule has 24 heavy (non-hydrogen) atoms. The molecule has 1 aromatic carbocycles. The van der Waals surface area contributed by atoms with Crippen LogP contribution in [-0.4, -0.2) is 31.6 Å². The Morgan fingerprint density at radius 1 is 1.33 bits per heavy atom. The largest absolute Gasteiger partial charge is 0.496 e. The average Bonchev–Trinajstić information content (AvgIpc) is 2.99. The maximum atomic E-state index is 12.4. The summed E-state index contributed by atoms with van der Waals surface area (Å²) >= 11 is 0. The smallest absolute Gasteiger partial charge is 0.237 e. The van der Waals surface area contributed by atoms with Gasteiger partial charge in [-0.25, -0.2) is 0 Å². The summed E-state index contributed by atoms with van der Waals surface area (Å²) in [5.41, 5.74) is 2.37. The molecule has 1 aromatic rings. The number of hydrogen-bond donors (Lipinski definition) is 2. The van der Waals surface area contributed by atoms with E-state index in [4.69, 9.17) is 4.74 Å². The number of benzene rings is 1. The highest BCUT2D eigenvalue weighted by atomic mass is 35.5. The number of carbonyl (C=O) groups excluding carboxylic acids is 1. The minimum atomic E-state index is 0. The van der Waals surface area contributed by atoms with Gasteiger partial charge in [-0.1, -0.05) is 30.5 Å². The molecule has 1 amide bonds. The third kappa shape index (κ3) is 4.42. The van der Waals surface area contributed by atoms with Crippen molar-refractivity contribution in [1.82, 2.24) is 10.6 Å². The predicted octanol–water partition coefficient (Wildman–Crippen LogP) is 3.00. The van der Waals surface area contributed by atoms with Gasteiger partial charge >= 0.3 is 0 Å². The highest BCUT2D eigenvalue weighted by molar-refractivity contribution is 5.85. The topological polar surface area (TPSA) is 50.4 Å². The Kier molecular flexibility index (Phi) is 6.93. The Bertz CT molecular complexity index is 550. The van der Waals surface area contributed by atoms with Crippen LogP contribution in [0.3, 0.4) is 0 Å². The molecular formula is C19H29ClN2O2. The van der Waals surface area contributed by atoms with Crippen molar-refractivity contribution in [1.29, 1.82) is 0 Å². The first-order valence-corrected chi connectivity index (χ1v) is 8.84. The average molecular weight is 353 g/mol. The van der Waals surface area contributed by atoms with Gasteiger partial charge in [0.1, 0.15) is 5.75 Å². The van der Waals surface area contributed by atoms with Crippen LogP contribution in [0, 0.1) is 12.8 Å². The molecule has 1 saturated heterocycles. The molecule has 1 aliphatic heterocycles. The van der Waals surface area contributed by atoms with E-state index in [2.05, 4.69) is 23.6 Å². The lowest BCUT2D eigenvalue weighted by molar-refractivity contribution is -0.122. The van der Waals surface area contributed by atoms with Gasteiger partial charge in [0.15, 0.2) is 0 Å². The Balaban J connectivity index is 0.00000208. The molecule has 3 atom stereocenters. The van der Waals surface area contributed by atoms with Crippen LogP contribution in [0.4, 0.5) is 0 Å². The summed E-state index contributed by atoms with van der Waals surface area (Å²) in [6.07, 6.45) is 6.94. The number of amides is 1. The third-order valence-electron chi connectivity index (χ3n) is 5.31. The van der Waals surface area contributed by atoms with E-state index in [0.717, 1.165) is 24.2 Å². The summed E-state index contributed by atoms with van der Waals surface area (Å²) in [6, 6.07) is 6.74. The van der Waals surface area contributed by atoms with E-state index >= 15 is 0 Å². The maximum Gasteiger partial charge on any atom is 0.237 e. The van der Waals surface area contributed by atoms with Gasteiger partial charge in [0.05, 0.1) is 13.2 Å². The number of rotatable bonds is 5. The van der Waals surface area contributed by atoms with E-state index in [1.54, 1.807) is 7.11 Å². The van der Waals surface area contributed by atoms with E-state index in [1.807, 2.05) is 12.1 Å². The van der Waals surface area contributed by atoms with Crippen LogP contribution < -0.4 is 15.4 Å². The summed E-state index contributed by atoms with van der Waals surface area (Å²) in [4.78, 5) is 12.4. The zero-order valence-electron chi connectivity index (χ0n) is 14.6. The molecule has 1 heterocycles. The number of halogens is 1. The van der Waals surface area contributed by atoms with Gasteiger partial charge in [-0.05, 0) is 50.2 Å². The van der Waals surface area contributed by atoms with Crippen molar-refractivity contribution in [3.05, 3.63) is 29.3 Å². The van der Waals surface area contributed by atoms with Crippen molar-refractivity contribution in [3.63, 3.8) is 0 Å². The number of hydrogen-bond acceptors (Lipinski definition) is 3. The number of nitrogens with one attached hydrogen (secondary N) is 2. The molecule has 3 unspecified atom stereocenters. The Morgan fingerprint density at radius 3 is 2.88 bits per heavy atom. The number of ether oxygens (including phenoxy) is 1. The predicted molar refractivity (Wildman–Crippen MR) is 99.0 cm³/mol. The molecule has 1 saturated carbocycles. The molecule has 134 valence electrons. The minimum Gasteiger partial charge on any atom is -0.496 e. The lowest BCUT2D eigenvalue weighted by Crippen LogP contribution is -2.43. The van der Waals surface area contributed by atoms with Crippen molar-refractivity contribution in [2.24, 2.45) is 5.92 Å². The molecule has 2 N–H and O–H groups in total. The van der Waals surface area contributed by atoms with Crippen LogP contribution in [0.25, 0.3) is 0 Å². The lowest BCUT2D eigenvalue weighted by atomic mass is 9.85. The summed E-state index contributed by atoms with van der Waals surface area (Å²) in [7, 11) is 1.69. The van der Waals surface area contributed by atoms with Crippen LogP contribution >= 0.6 is 12.4 Å². The Hall–Kier alpha value is -1.26. The molecule has 2 aliphatic rings. The van der Waals surface area contributed by atoms with Crippen molar-refractivity contribution < 1.29 is 9.53 Å². The number of fused-ring (bicyclic) bond motifs is 1. The van der Waals surface area contributed by atoms with Gasteiger partial charge in [0.2, 0.25) is 5.91 Å². The monoisotopic (exact) mass is 352 g/mol. The maximum absolute atomic E-state index is 12.4.